The summed E-state index contributed by atoms with van der Waals surface area (Å²) >= 11 is 0. The van der Waals surface area contributed by atoms with Gasteiger partial charge >= 0.3 is 0 Å². The molecule has 0 aromatic carbocycles. The minimum absolute atomic E-state index is 0.498. The van der Waals surface area contributed by atoms with E-state index in [9.17, 15) is 0 Å². The van der Waals surface area contributed by atoms with Crippen LogP contribution in [0.25, 0.3) is 0 Å². The van der Waals surface area contributed by atoms with Gasteiger partial charge in [-0.1, -0.05) is 32.9 Å². The molecule has 0 saturated heterocycles. The van der Waals surface area contributed by atoms with Crippen LogP contribution in [0.15, 0.2) is 12.2 Å². The van der Waals surface area contributed by atoms with E-state index in [1.54, 1.807) is 0 Å². The van der Waals surface area contributed by atoms with E-state index in [-0.39, 0.29) is 0 Å². The Labute approximate surface area is 64.3 Å². The Morgan fingerprint density at radius 3 is 2.70 bits per heavy atom. The molecule has 1 aliphatic rings. The van der Waals surface area contributed by atoms with Crippen LogP contribution in [0.5, 0.6) is 0 Å². The highest BCUT2D eigenvalue weighted by atomic mass is 14.3. The van der Waals surface area contributed by atoms with Crippen molar-refractivity contribution in [2.45, 2.75) is 40.0 Å². The molecule has 0 fully saturated rings. The maximum absolute atomic E-state index is 2.40. The van der Waals surface area contributed by atoms with Crippen LogP contribution in [-0.2, 0) is 0 Å². The summed E-state index contributed by atoms with van der Waals surface area (Å²) in [6, 6.07) is 0. The number of rotatable bonds is 1. The molecule has 0 heteroatoms. The molecule has 0 saturated carbocycles. The summed E-state index contributed by atoms with van der Waals surface area (Å²) in [5.41, 5.74) is 0.498. The SMILES string of the molecule is CCC1(C)C=CCCC1C. The largest absolute Gasteiger partial charge is 0.0880 e. The molecule has 0 nitrogen and oxygen atoms in total. The average molecular weight is 138 g/mol. The first-order valence-corrected chi connectivity index (χ1v) is 4.37. The minimum Gasteiger partial charge on any atom is -0.0880 e. The van der Waals surface area contributed by atoms with Crippen molar-refractivity contribution in [1.29, 1.82) is 0 Å². The van der Waals surface area contributed by atoms with E-state index >= 15 is 0 Å². The maximum Gasteiger partial charge on any atom is -0.0123 e. The normalized spacial score (nSPS) is 40.1. The van der Waals surface area contributed by atoms with Gasteiger partial charge in [-0.3, -0.25) is 0 Å². The molecule has 0 N–H and O–H groups in total. The molecule has 0 bridgehead atoms. The molecule has 10 heavy (non-hydrogen) atoms. The highest BCUT2D eigenvalue weighted by molar-refractivity contribution is 5.03. The Kier molecular flexibility index (Phi) is 2.18. The van der Waals surface area contributed by atoms with Gasteiger partial charge in [0.1, 0.15) is 0 Å². The average Bonchev–Trinajstić information content (AvgIpc) is 1.96. The topological polar surface area (TPSA) is 0 Å². The van der Waals surface area contributed by atoms with Crippen LogP contribution in [0.1, 0.15) is 40.0 Å². The molecule has 1 aliphatic carbocycles. The molecule has 2 unspecified atom stereocenters. The van der Waals surface area contributed by atoms with Crippen LogP contribution in [0.2, 0.25) is 0 Å². The second-order valence-corrected chi connectivity index (χ2v) is 3.74. The van der Waals surface area contributed by atoms with Crippen LogP contribution < -0.4 is 0 Å². The van der Waals surface area contributed by atoms with Gasteiger partial charge in [-0.05, 0) is 30.6 Å². The Morgan fingerprint density at radius 2 is 2.30 bits per heavy atom. The van der Waals surface area contributed by atoms with E-state index in [2.05, 4.69) is 32.9 Å². The predicted molar refractivity (Wildman–Crippen MR) is 45.9 cm³/mol. The lowest BCUT2D eigenvalue weighted by Gasteiger charge is -2.34. The fraction of sp³-hybridized carbons (Fsp3) is 0.800. The third-order valence-electron chi connectivity index (χ3n) is 3.15. The summed E-state index contributed by atoms with van der Waals surface area (Å²) in [5.74, 6) is 0.877. The summed E-state index contributed by atoms with van der Waals surface area (Å²) < 4.78 is 0. The Morgan fingerprint density at radius 1 is 1.60 bits per heavy atom. The fourth-order valence-electron chi connectivity index (χ4n) is 1.66. The van der Waals surface area contributed by atoms with Crippen LogP contribution in [-0.4, -0.2) is 0 Å². The first kappa shape index (κ1) is 7.84. The van der Waals surface area contributed by atoms with Crippen molar-refractivity contribution < 1.29 is 0 Å². The van der Waals surface area contributed by atoms with Gasteiger partial charge in [0.05, 0.1) is 0 Å². The summed E-state index contributed by atoms with van der Waals surface area (Å²) in [4.78, 5) is 0. The van der Waals surface area contributed by atoms with Crippen molar-refractivity contribution >= 4 is 0 Å². The second kappa shape index (κ2) is 2.77. The van der Waals surface area contributed by atoms with Crippen molar-refractivity contribution in [3.05, 3.63) is 12.2 Å². The number of hydrogen-bond acceptors (Lipinski definition) is 0. The van der Waals surface area contributed by atoms with Crippen LogP contribution in [0.3, 0.4) is 0 Å². The highest BCUT2D eigenvalue weighted by Crippen LogP contribution is 2.38. The molecule has 0 amide bonds. The molecular weight excluding hydrogens is 120 g/mol. The van der Waals surface area contributed by atoms with Gasteiger partial charge in [0, 0.05) is 0 Å². The molecular formula is C10H18. The van der Waals surface area contributed by atoms with E-state index in [1.807, 2.05) is 0 Å². The molecule has 0 aromatic heterocycles. The highest BCUT2D eigenvalue weighted by Gasteiger charge is 2.27. The third-order valence-corrected chi connectivity index (χ3v) is 3.15. The molecule has 0 heterocycles. The van der Waals surface area contributed by atoms with Crippen molar-refractivity contribution in [3.63, 3.8) is 0 Å². The lowest BCUT2D eigenvalue weighted by Crippen LogP contribution is -2.24. The van der Waals surface area contributed by atoms with Crippen LogP contribution in [0.4, 0.5) is 0 Å². The summed E-state index contributed by atoms with van der Waals surface area (Å²) in [7, 11) is 0. The lowest BCUT2D eigenvalue weighted by molar-refractivity contribution is 0.240. The molecule has 58 valence electrons. The Balaban J connectivity index is 2.71. The van der Waals surface area contributed by atoms with Crippen molar-refractivity contribution in [1.82, 2.24) is 0 Å². The molecule has 0 aromatic rings. The number of hydrogen-bond donors (Lipinski definition) is 0. The van der Waals surface area contributed by atoms with E-state index in [0.29, 0.717) is 5.41 Å². The molecule has 0 aliphatic heterocycles. The molecule has 0 spiro atoms. The zero-order chi connectivity index (χ0) is 7.61. The Hall–Kier alpha value is -0.260. The van der Waals surface area contributed by atoms with Gasteiger partial charge in [-0.2, -0.15) is 0 Å². The smallest absolute Gasteiger partial charge is 0.0123 e. The van der Waals surface area contributed by atoms with Gasteiger partial charge in [-0.25, -0.2) is 0 Å². The predicted octanol–water partition coefficient (Wildman–Crippen LogP) is 3.39. The lowest BCUT2D eigenvalue weighted by atomic mass is 9.71. The molecule has 0 radical (unpaired) electrons. The van der Waals surface area contributed by atoms with Crippen molar-refractivity contribution in [2.24, 2.45) is 11.3 Å². The van der Waals surface area contributed by atoms with Gasteiger partial charge in [0.2, 0.25) is 0 Å². The van der Waals surface area contributed by atoms with E-state index < -0.39 is 0 Å². The summed E-state index contributed by atoms with van der Waals surface area (Å²) in [5, 5.41) is 0. The van der Waals surface area contributed by atoms with Crippen molar-refractivity contribution in [3.8, 4) is 0 Å². The van der Waals surface area contributed by atoms with Crippen LogP contribution in [0, 0.1) is 11.3 Å². The van der Waals surface area contributed by atoms with Gasteiger partial charge < -0.3 is 0 Å². The molecule has 2 atom stereocenters. The maximum atomic E-state index is 2.40. The zero-order valence-corrected chi connectivity index (χ0v) is 7.35. The van der Waals surface area contributed by atoms with Crippen molar-refractivity contribution in [2.75, 3.05) is 0 Å². The van der Waals surface area contributed by atoms with Gasteiger partial charge in [-0.15, -0.1) is 0 Å². The number of allylic oxidation sites excluding steroid dienone is 2. The van der Waals surface area contributed by atoms with Gasteiger partial charge in [0.25, 0.3) is 0 Å². The van der Waals surface area contributed by atoms with E-state index in [1.165, 1.54) is 19.3 Å². The first-order chi connectivity index (χ1) is 4.69. The van der Waals surface area contributed by atoms with Crippen LogP contribution >= 0.6 is 0 Å². The third kappa shape index (κ3) is 1.25. The first-order valence-electron chi connectivity index (χ1n) is 4.37. The second-order valence-electron chi connectivity index (χ2n) is 3.74. The van der Waals surface area contributed by atoms with E-state index in [0.717, 1.165) is 5.92 Å². The van der Waals surface area contributed by atoms with Gasteiger partial charge in [0.15, 0.2) is 0 Å². The monoisotopic (exact) mass is 138 g/mol. The zero-order valence-electron chi connectivity index (χ0n) is 7.35. The van der Waals surface area contributed by atoms with E-state index in [4.69, 9.17) is 0 Å². The Bertz CT molecular complexity index is 135. The standard InChI is InChI=1S/C10H18/c1-4-10(3)8-6-5-7-9(10)2/h6,8-9H,4-5,7H2,1-3H3. The summed E-state index contributed by atoms with van der Waals surface area (Å²) in [6.07, 6.45) is 8.69. The fourth-order valence-corrected chi connectivity index (χ4v) is 1.66. The molecule has 1 rings (SSSR count). The minimum atomic E-state index is 0.498. The quantitative estimate of drug-likeness (QED) is 0.487. The summed E-state index contributed by atoms with van der Waals surface area (Å²) in [6.45, 7) is 7.02.